The number of carbonyl (C=O) groups is 1. The van der Waals surface area contributed by atoms with Gasteiger partial charge in [0.1, 0.15) is 5.75 Å². The monoisotopic (exact) mass is 302 g/mol. The lowest BCUT2D eigenvalue weighted by Crippen LogP contribution is -2.43. The summed E-state index contributed by atoms with van der Waals surface area (Å²) in [7, 11) is -1.89. The molecule has 0 unspecified atom stereocenters. The Kier molecular flexibility index (Phi) is 5.06. The molecule has 0 atom stereocenters. The predicted molar refractivity (Wildman–Crippen MR) is 91.6 cm³/mol. The van der Waals surface area contributed by atoms with Gasteiger partial charge in [0.05, 0.1) is 0 Å². The van der Waals surface area contributed by atoms with Crippen molar-refractivity contribution in [3.63, 3.8) is 0 Å². The average Bonchev–Trinajstić information content (AvgIpc) is 2.25. The van der Waals surface area contributed by atoms with Crippen molar-refractivity contribution in [3.8, 4) is 17.6 Å². The van der Waals surface area contributed by atoms with Crippen molar-refractivity contribution >= 4 is 14.1 Å². The lowest BCUT2D eigenvalue weighted by atomic mass is 9.98. The van der Waals surface area contributed by atoms with Crippen LogP contribution in [0, 0.1) is 18.8 Å². The second kappa shape index (κ2) is 6.07. The van der Waals surface area contributed by atoms with E-state index in [0.29, 0.717) is 5.56 Å². The van der Waals surface area contributed by atoms with Crippen LogP contribution in [-0.4, -0.2) is 14.1 Å². The van der Waals surface area contributed by atoms with Gasteiger partial charge < -0.3 is 4.43 Å². The van der Waals surface area contributed by atoms with Crippen molar-refractivity contribution in [1.29, 1.82) is 0 Å². The van der Waals surface area contributed by atoms with Crippen LogP contribution in [0.3, 0.4) is 0 Å². The number of hydrogen-bond acceptors (Lipinski definition) is 2. The highest BCUT2D eigenvalue weighted by Gasteiger charge is 2.39. The van der Waals surface area contributed by atoms with E-state index in [0.717, 1.165) is 16.9 Å². The van der Waals surface area contributed by atoms with Gasteiger partial charge in [0.15, 0.2) is 5.78 Å². The minimum absolute atomic E-state index is 0.0455. The van der Waals surface area contributed by atoms with Crippen LogP contribution < -0.4 is 4.43 Å². The Bertz CT molecular complexity index is 611. The standard InChI is InChI=1S/C18H26O2Si/c1-9-10-15-12-16(11-13(2)17(15)14(3)19)20-21(7,8)18(4,5)6/h11-12H,1-8H3. The summed E-state index contributed by atoms with van der Waals surface area (Å²) in [6, 6.07) is 3.86. The van der Waals surface area contributed by atoms with Crippen LogP contribution in [0.15, 0.2) is 12.1 Å². The summed E-state index contributed by atoms with van der Waals surface area (Å²) in [6.45, 7) is 16.4. The molecule has 0 saturated heterocycles. The van der Waals surface area contributed by atoms with Crippen molar-refractivity contribution < 1.29 is 9.22 Å². The smallest absolute Gasteiger partial charge is 0.250 e. The largest absolute Gasteiger partial charge is 0.543 e. The molecule has 0 amide bonds. The van der Waals surface area contributed by atoms with Gasteiger partial charge >= 0.3 is 0 Å². The molecular weight excluding hydrogens is 276 g/mol. The normalized spacial score (nSPS) is 11.6. The predicted octanol–water partition coefficient (Wildman–Crippen LogP) is 4.95. The summed E-state index contributed by atoms with van der Waals surface area (Å²) in [4.78, 5) is 11.8. The number of ketones is 1. The topological polar surface area (TPSA) is 26.3 Å². The van der Waals surface area contributed by atoms with Gasteiger partial charge in [0, 0.05) is 11.1 Å². The van der Waals surface area contributed by atoms with Gasteiger partial charge in [-0.2, -0.15) is 0 Å². The fourth-order valence-corrected chi connectivity index (χ4v) is 2.97. The number of Topliss-reactive ketones (excluding diaryl/α,β-unsaturated/α-hetero) is 1. The van der Waals surface area contributed by atoms with Crippen LogP contribution in [0.5, 0.6) is 5.75 Å². The molecule has 0 N–H and O–H groups in total. The van der Waals surface area contributed by atoms with Crippen LogP contribution in [0.2, 0.25) is 18.1 Å². The minimum atomic E-state index is -1.89. The fourth-order valence-electron chi connectivity index (χ4n) is 1.96. The van der Waals surface area contributed by atoms with Crippen LogP contribution in [-0.2, 0) is 0 Å². The molecule has 0 fully saturated rings. The first-order valence-electron chi connectivity index (χ1n) is 7.27. The molecule has 0 saturated carbocycles. The minimum Gasteiger partial charge on any atom is -0.543 e. The zero-order chi connectivity index (χ0) is 16.4. The molecule has 0 bridgehead atoms. The molecule has 0 aliphatic heterocycles. The van der Waals surface area contributed by atoms with Crippen molar-refractivity contribution in [3.05, 3.63) is 28.8 Å². The maximum atomic E-state index is 11.8. The Hall–Kier alpha value is -1.53. The van der Waals surface area contributed by atoms with Crippen LogP contribution in [0.4, 0.5) is 0 Å². The molecule has 0 aliphatic carbocycles. The molecule has 21 heavy (non-hydrogen) atoms. The molecule has 1 aromatic carbocycles. The highest BCUT2D eigenvalue weighted by Crippen LogP contribution is 2.38. The second-order valence-corrected chi connectivity index (χ2v) is 11.7. The first-order valence-corrected chi connectivity index (χ1v) is 10.2. The molecule has 0 heterocycles. The highest BCUT2D eigenvalue weighted by molar-refractivity contribution is 6.74. The van der Waals surface area contributed by atoms with Gasteiger partial charge in [-0.1, -0.05) is 26.7 Å². The summed E-state index contributed by atoms with van der Waals surface area (Å²) in [5.74, 6) is 6.77. The SMILES string of the molecule is CC#Cc1cc(O[Si](C)(C)C(C)(C)C)cc(C)c1C(C)=O. The van der Waals surface area contributed by atoms with Gasteiger partial charge in [0.2, 0.25) is 8.32 Å². The summed E-state index contributed by atoms with van der Waals surface area (Å²) >= 11 is 0. The Balaban J connectivity index is 3.35. The van der Waals surface area contributed by atoms with E-state index in [2.05, 4.69) is 45.7 Å². The van der Waals surface area contributed by atoms with Gasteiger partial charge in [-0.3, -0.25) is 4.79 Å². The Morgan fingerprint density at radius 3 is 2.24 bits per heavy atom. The maximum Gasteiger partial charge on any atom is 0.250 e. The van der Waals surface area contributed by atoms with E-state index in [1.165, 1.54) is 0 Å². The van der Waals surface area contributed by atoms with Crippen molar-refractivity contribution in [2.75, 3.05) is 0 Å². The number of benzene rings is 1. The van der Waals surface area contributed by atoms with E-state index < -0.39 is 8.32 Å². The van der Waals surface area contributed by atoms with Crippen molar-refractivity contribution in [2.45, 2.75) is 59.7 Å². The molecule has 2 nitrogen and oxygen atoms in total. The molecule has 1 aromatic rings. The molecule has 0 aromatic heterocycles. The first kappa shape index (κ1) is 17.5. The van der Waals surface area contributed by atoms with Gasteiger partial charge in [-0.05, 0) is 56.6 Å². The molecular formula is C18H26O2Si. The number of hydrogen-bond donors (Lipinski definition) is 0. The molecule has 114 valence electrons. The zero-order valence-electron chi connectivity index (χ0n) is 14.5. The van der Waals surface area contributed by atoms with E-state index in [-0.39, 0.29) is 10.8 Å². The fraction of sp³-hybridized carbons (Fsp3) is 0.500. The van der Waals surface area contributed by atoms with Gasteiger partial charge in [-0.25, -0.2) is 0 Å². The average molecular weight is 302 g/mol. The third kappa shape index (κ3) is 3.98. The van der Waals surface area contributed by atoms with Crippen molar-refractivity contribution in [2.24, 2.45) is 0 Å². The Morgan fingerprint density at radius 1 is 1.24 bits per heavy atom. The molecule has 0 radical (unpaired) electrons. The van der Waals surface area contributed by atoms with Crippen LogP contribution in [0.25, 0.3) is 0 Å². The second-order valence-electron chi connectivity index (χ2n) is 6.96. The van der Waals surface area contributed by atoms with E-state index in [1.807, 2.05) is 19.1 Å². The summed E-state index contributed by atoms with van der Waals surface area (Å²) in [5.41, 5.74) is 2.39. The third-order valence-corrected chi connectivity index (χ3v) is 8.46. The summed E-state index contributed by atoms with van der Waals surface area (Å²) in [6.07, 6.45) is 0. The Labute approximate surface area is 130 Å². The first-order chi connectivity index (χ1) is 9.49. The van der Waals surface area contributed by atoms with Gasteiger partial charge in [0.25, 0.3) is 0 Å². The molecule has 0 aliphatic rings. The number of carbonyl (C=O) groups excluding carboxylic acids is 1. The summed E-state index contributed by atoms with van der Waals surface area (Å²) < 4.78 is 6.33. The highest BCUT2D eigenvalue weighted by atomic mass is 28.4. The van der Waals surface area contributed by atoms with E-state index >= 15 is 0 Å². The quantitative estimate of drug-likeness (QED) is 0.448. The molecule has 0 spiro atoms. The Morgan fingerprint density at radius 2 is 1.81 bits per heavy atom. The van der Waals surface area contributed by atoms with Crippen LogP contribution in [0.1, 0.15) is 56.1 Å². The molecule has 3 heteroatoms. The number of rotatable bonds is 3. The van der Waals surface area contributed by atoms with E-state index in [1.54, 1.807) is 13.8 Å². The lowest BCUT2D eigenvalue weighted by molar-refractivity contribution is 0.101. The molecule has 1 rings (SSSR count). The maximum absolute atomic E-state index is 11.8. The van der Waals surface area contributed by atoms with Gasteiger partial charge in [-0.15, -0.1) is 5.92 Å². The lowest BCUT2D eigenvalue weighted by Gasteiger charge is -2.36. The van der Waals surface area contributed by atoms with Crippen LogP contribution >= 0.6 is 0 Å². The number of aryl methyl sites for hydroxylation is 1. The third-order valence-electron chi connectivity index (χ3n) is 4.10. The zero-order valence-corrected chi connectivity index (χ0v) is 15.5. The van der Waals surface area contributed by atoms with E-state index in [9.17, 15) is 4.79 Å². The summed E-state index contributed by atoms with van der Waals surface area (Å²) in [5, 5.41) is 0.136. The van der Waals surface area contributed by atoms with Crippen molar-refractivity contribution in [1.82, 2.24) is 0 Å². The van der Waals surface area contributed by atoms with E-state index in [4.69, 9.17) is 4.43 Å².